The van der Waals surface area contributed by atoms with Crippen LogP contribution in [-0.2, 0) is 27.3 Å². The maximum Gasteiger partial charge on any atom is 0.325 e. The van der Waals surface area contributed by atoms with Crippen molar-refractivity contribution in [3.8, 4) is 0 Å². The van der Waals surface area contributed by atoms with Crippen LogP contribution >= 0.6 is 11.3 Å². The third kappa shape index (κ3) is 4.45. The largest absolute Gasteiger partial charge is 0.454 e. The Morgan fingerprint density at radius 3 is 2.68 bits per heavy atom. The number of ether oxygens (including phenoxy) is 1. The second-order valence-corrected chi connectivity index (χ2v) is 6.60. The van der Waals surface area contributed by atoms with E-state index in [1.807, 2.05) is 18.2 Å². The van der Waals surface area contributed by atoms with Crippen molar-refractivity contribution in [1.29, 1.82) is 0 Å². The fourth-order valence-corrected chi connectivity index (χ4v) is 3.28. The summed E-state index contributed by atoms with van der Waals surface area (Å²) in [6.45, 7) is 0.576. The fraction of sp³-hybridized carbons (Fsp3) is 0.278. The van der Waals surface area contributed by atoms with Crippen LogP contribution in [0.25, 0.3) is 0 Å². The van der Waals surface area contributed by atoms with Crippen LogP contribution in [0.1, 0.15) is 20.8 Å². The van der Waals surface area contributed by atoms with E-state index in [0.717, 1.165) is 12.0 Å². The Morgan fingerprint density at radius 2 is 1.92 bits per heavy atom. The second kappa shape index (κ2) is 7.94. The molecular weight excluding hydrogens is 340 g/mol. The number of nitrogens with zero attached hydrogens (tertiary/aromatic N) is 1. The predicted molar refractivity (Wildman–Crippen MR) is 93.2 cm³/mol. The van der Waals surface area contributed by atoms with Gasteiger partial charge in [-0.05, 0) is 29.0 Å². The first-order valence-electron chi connectivity index (χ1n) is 7.95. The molecule has 0 aliphatic carbocycles. The van der Waals surface area contributed by atoms with Crippen LogP contribution in [-0.4, -0.2) is 42.4 Å². The number of thiophene rings is 1. The molecule has 0 unspecified atom stereocenters. The Morgan fingerprint density at radius 1 is 1.12 bits per heavy atom. The van der Waals surface area contributed by atoms with Crippen molar-refractivity contribution in [1.82, 2.24) is 10.2 Å². The van der Waals surface area contributed by atoms with Crippen molar-refractivity contribution in [2.24, 2.45) is 0 Å². The second-order valence-electron chi connectivity index (χ2n) is 5.65. The summed E-state index contributed by atoms with van der Waals surface area (Å²) in [5.41, 5.74) is 2.37. The molecule has 2 aromatic rings. The van der Waals surface area contributed by atoms with Crippen LogP contribution in [0.15, 0.2) is 41.8 Å². The van der Waals surface area contributed by atoms with Crippen molar-refractivity contribution >= 4 is 29.1 Å². The van der Waals surface area contributed by atoms with Crippen LogP contribution in [0.3, 0.4) is 0 Å². The lowest BCUT2D eigenvalue weighted by molar-refractivity contribution is -0.151. The Bertz CT molecular complexity index is 773. The van der Waals surface area contributed by atoms with Gasteiger partial charge in [0.05, 0.1) is 4.88 Å². The smallest absolute Gasteiger partial charge is 0.325 e. The van der Waals surface area contributed by atoms with E-state index >= 15 is 0 Å². The summed E-state index contributed by atoms with van der Waals surface area (Å²) in [6.07, 6.45) is 0.798. The molecule has 0 saturated heterocycles. The molecule has 25 heavy (non-hydrogen) atoms. The highest BCUT2D eigenvalue weighted by Crippen LogP contribution is 2.18. The minimum atomic E-state index is -0.629. The number of fused-ring (bicyclic) bond motifs is 1. The molecule has 0 radical (unpaired) electrons. The molecule has 7 heteroatoms. The molecule has 1 aromatic carbocycles. The maximum absolute atomic E-state index is 12.2. The van der Waals surface area contributed by atoms with Gasteiger partial charge >= 0.3 is 5.97 Å². The predicted octanol–water partition coefficient (Wildman–Crippen LogP) is 1.61. The summed E-state index contributed by atoms with van der Waals surface area (Å²) >= 11 is 1.29. The molecule has 0 bridgehead atoms. The SMILES string of the molecule is O=C(CNC(=O)c1cccs1)OCC(=O)N1CCc2ccccc2C1. The van der Waals surface area contributed by atoms with Gasteiger partial charge in [-0.3, -0.25) is 14.4 Å². The number of hydrogen-bond acceptors (Lipinski definition) is 5. The molecule has 0 saturated carbocycles. The number of carbonyl (C=O) groups is 3. The van der Waals surface area contributed by atoms with Gasteiger partial charge in [0.15, 0.2) is 6.61 Å². The van der Waals surface area contributed by atoms with Crippen molar-refractivity contribution in [3.63, 3.8) is 0 Å². The molecule has 130 valence electrons. The molecule has 1 N–H and O–H groups in total. The van der Waals surface area contributed by atoms with E-state index < -0.39 is 5.97 Å². The highest BCUT2D eigenvalue weighted by atomic mass is 32.1. The Hall–Kier alpha value is -2.67. The molecule has 2 amide bonds. The van der Waals surface area contributed by atoms with Gasteiger partial charge in [0.2, 0.25) is 0 Å². The minimum Gasteiger partial charge on any atom is -0.454 e. The third-order valence-corrected chi connectivity index (χ3v) is 4.85. The molecule has 0 atom stereocenters. The van der Waals surface area contributed by atoms with Crippen LogP contribution in [0.4, 0.5) is 0 Å². The Kier molecular flexibility index (Phi) is 5.45. The quantitative estimate of drug-likeness (QED) is 0.824. The lowest BCUT2D eigenvalue weighted by Crippen LogP contribution is -2.39. The van der Waals surface area contributed by atoms with Crippen LogP contribution < -0.4 is 5.32 Å². The molecule has 1 aliphatic rings. The van der Waals surface area contributed by atoms with Gasteiger partial charge in [0.25, 0.3) is 11.8 Å². The number of amides is 2. The topological polar surface area (TPSA) is 75.7 Å². The summed E-state index contributed by atoms with van der Waals surface area (Å²) in [5, 5.41) is 4.25. The van der Waals surface area contributed by atoms with Crippen molar-refractivity contribution in [2.75, 3.05) is 19.7 Å². The van der Waals surface area contributed by atoms with Crippen molar-refractivity contribution < 1.29 is 19.1 Å². The average Bonchev–Trinajstić information content (AvgIpc) is 3.18. The number of rotatable bonds is 5. The first-order valence-corrected chi connectivity index (χ1v) is 8.83. The molecule has 2 heterocycles. The Labute approximate surface area is 149 Å². The van der Waals surface area contributed by atoms with E-state index in [1.54, 1.807) is 22.4 Å². The van der Waals surface area contributed by atoms with Crippen LogP contribution in [0, 0.1) is 0 Å². The number of benzene rings is 1. The van der Waals surface area contributed by atoms with Gasteiger partial charge in [-0.1, -0.05) is 30.3 Å². The fourth-order valence-electron chi connectivity index (χ4n) is 2.64. The summed E-state index contributed by atoms with van der Waals surface area (Å²) in [6, 6.07) is 11.4. The summed E-state index contributed by atoms with van der Waals surface area (Å²) in [5.74, 6) is -1.19. The molecule has 1 aromatic heterocycles. The van der Waals surface area contributed by atoms with Gasteiger partial charge in [0, 0.05) is 13.1 Å². The van der Waals surface area contributed by atoms with E-state index in [2.05, 4.69) is 11.4 Å². The van der Waals surface area contributed by atoms with Gasteiger partial charge < -0.3 is 15.0 Å². The molecular formula is C18H18N2O4S. The van der Waals surface area contributed by atoms with E-state index in [4.69, 9.17) is 4.74 Å². The zero-order valence-corrected chi connectivity index (χ0v) is 14.4. The summed E-state index contributed by atoms with van der Waals surface area (Å²) in [4.78, 5) is 37.8. The standard InChI is InChI=1S/C18H18N2O4S/c21-16(20-8-7-13-4-1-2-5-14(13)11-20)12-24-17(22)10-19-18(23)15-6-3-9-25-15/h1-6,9H,7-8,10-12H2,(H,19,23). The third-order valence-electron chi connectivity index (χ3n) is 3.98. The van der Waals surface area contributed by atoms with Gasteiger partial charge in [-0.2, -0.15) is 0 Å². The minimum absolute atomic E-state index is 0.229. The lowest BCUT2D eigenvalue weighted by Gasteiger charge is -2.28. The molecule has 3 rings (SSSR count). The molecule has 0 spiro atoms. The highest BCUT2D eigenvalue weighted by Gasteiger charge is 2.21. The first kappa shape index (κ1) is 17.2. The monoisotopic (exact) mass is 358 g/mol. The number of carbonyl (C=O) groups excluding carboxylic acids is 3. The number of esters is 1. The van der Waals surface area contributed by atoms with Crippen LogP contribution in [0.2, 0.25) is 0 Å². The lowest BCUT2D eigenvalue weighted by atomic mass is 10.00. The van der Waals surface area contributed by atoms with Gasteiger partial charge in [-0.15, -0.1) is 11.3 Å². The summed E-state index contributed by atoms with van der Waals surface area (Å²) in [7, 11) is 0. The zero-order valence-electron chi connectivity index (χ0n) is 13.6. The molecule has 6 nitrogen and oxygen atoms in total. The zero-order chi connectivity index (χ0) is 17.6. The van der Waals surface area contributed by atoms with E-state index in [1.165, 1.54) is 16.9 Å². The number of nitrogens with one attached hydrogen (secondary N) is 1. The van der Waals surface area contributed by atoms with E-state index in [9.17, 15) is 14.4 Å². The number of hydrogen-bond donors (Lipinski definition) is 1. The normalized spacial score (nSPS) is 13.0. The highest BCUT2D eigenvalue weighted by molar-refractivity contribution is 7.12. The summed E-state index contributed by atoms with van der Waals surface area (Å²) < 4.78 is 4.97. The van der Waals surface area contributed by atoms with Crippen molar-refractivity contribution in [2.45, 2.75) is 13.0 Å². The average molecular weight is 358 g/mol. The molecule has 1 aliphatic heterocycles. The molecule has 0 fully saturated rings. The maximum atomic E-state index is 12.2. The van der Waals surface area contributed by atoms with E-state index in [0.29, 0.717) is 18.0 Å². The Balaban J connectivity index is 1.42. The van der Waals surface area contributed by atoms with Crippen molar-refractivity contribution in [3.05, 3.63) is 57.8 Å². The van der Waals surface area contributed by atoms with Crippen LogP contribution in [0.5, 0.6) is 0 Å². The first-order chi connectivity index (χ1) is 12.1. The van der Waals surface area contributed by atoms with E-state index in [-0.39, 0.29) is 25.0 Å². The van der Waals surface area contributed by atoms with Gasteiger partial charge in [-0.25, -0.2) is 0 Å². The van der Waals surface area contributed by atoms with Gasteiger partial charge in [0.1, 0.15) is 6.54 Å².